The Morgan fingerprint density at radius 1 is 1.45 bits per heavy atom. The molecule has 0 heterocycles. The first kappa shape index (κ1) is 16.0. The number of carboxylic acids is 1. The maximum Gasteiger partial charge on any atom is 0.313 e. The Morgan fingerprint density at radius 3 is 2.70 bits per heavy atom. The molecule has 0 unspecified atom stereocenters. The third-order valence-electron chi connectivity index (χ3n) is 2.41. The molecule has 1 aromatic rings. The number of carboxylic acid groups (broad SMARTS) is 1. The van der Waals surface area contributed by atoms with Gasteiger partial charge in [-0.3, -0.25) is 19.7 Å². The van der Waals surface area contributed by atoms with Crippen LogP contribution in [0.3, 0.4) is 0 Å². The first-order chi connectivity index (χ1) is 9.41. The fourth-order valence-corrected chi connectivity index (χ4v) is 2.07. The molecule has 0 aromatic heterocycles. The number of aryl methyl sites for hydroxylation is 1. The summed E-state index contributed by atoms with van der Waals surface area (Å²) < 4.78 is 0. The highest BCUT2D eigenvalue weighted by Crippen LogP contribution is 2.18. The Kier molecular flexibility index (Phi) is 5.98. The summed E-state index contributed by atoms with van der Waals surface area (Å²) >= 11 is 1.20. The van der Waals surface area contributed by atoms with E-state index in [1.807, 2.05) is 0 Å². The zero-order chi connectivity index (χ0) is 15.1. The van der Waals surface area contributed by atoms with Gasteiger partial charge in [-0.25, -0.2) is 0 Å². The number of nitrogens with one attached hydrogen (secondary N) is 1. The van der Waals surface area contributed by atoms with Crippen molar-refractivity contribution in [1.82, 2.24) is 5.32 Å². The predicted octanol–water partition coefficient (Wildman–Crippen LogP) is 1.45. The number of nitro groups is 1. The van der Waals surface area contributed by atoms with E-state index >= 15 is 0 Å². The molecular formula is C12H14N2O5S. The highest BCUT2D eigenvalue weighted by Gasteiger charge is 2.13. The number of thioether (sulfide) groups is 1. The molecule has 7 nitrogen and oxygen atoms in total. The lowest BCUT2D eigenvalue weighted by Crippen LogP contribution is -2.26. The number of carbonyl (C=O) groups excluding carboxylic acids is 1. The fourth-order valence-electron chi connectivity index (χ4n) is 1.50. The van der Waals surface area contributed by atoms with Crippen molar-refractivity contribution in [3.63, 3.8) is 0 Å². The Hall–Kier alpha value is -2.09. The second kappa shape index (κ2) is 7.49. The maximum atomic E-state index is 11.8. The monoisotopic (exact) mass is 298 g/mol. The minimum atomic E-state index is -0.896. The predicted molar refractivity (Wildman–Crippen MR) is 75.1 cm³/mol. The lowest BCUT2D eigenvalue weighted by Gasteiger charge is -2.05. The number of carbonyl (C=O) groups is 2. The fraction of sp³-hybridized carbons (Fsp3) is 0.333. The molecule has 1 aromatic carbocycles. The number of benzene rings is 1. The van der Waals surface area contributed by atoms with Crippen LogP contribution in [0.25, 0.3) is 0 Å². The highest BCUT2D eigenvalue weighted by molar-refractivity contribution is 7.99. The Balaban J connectivity index is 2.50. The number of hydrogen-bond acceptors (Lipinski definition) is 5. The minimum absolute atomic E-state index is 0.00743. The molecule has 20 heavy (non-hydrogen) atoms. The van der Waals surface area contributed by atoms with Gasteiger partial charge in [0.25, 0.3) is 11.6 Å². The van der Waals surface area contributed by atoms with Gasteiger partial charge in [-0.05, 0) is 19.1 Å². The highest BCUT2D eigenvalue weighted by atomic mass is 32.2. The van der Waals surface area contributed by atoms with Gasteiger partial charge in [0.1, 0.15) is 0 Å². The van der Waals surface area contributed by atoms with E-state index in [-0.39, 0.29) is 17.3 Å². The molecule has 1 rings (SSSR count). The number of amides is 1. The summed E-state index contributed by atoms with van der Waals surface area (Å²) in [6.07, 6.45) is 0. The third kappa shape index (κ3) is 4.88. The Bertz CT molecular complexity index is 533. The number of aliphatic carboxylic acids is 1. The van der Waals surface area contributed by atoms with Crippen molar-refractivity contribution in [3.8, 4) is 0 Å². The van der Waals surface area contributed by atoms with E-state index in [0.717, 1.165) is 0 Å². The van der Waals surface area contributed by atoms with E-state index in [9.17, 15) is 19.7 Å². The summed E-state index contributed by atoms with van der Waals surface area (Å²) in [7, 11) is 0. The van der Waals surface area contributed by atoms with Crippen LogP contribution in [0.2, 0.25) is 0 Å². The Labute approximate surface area is 119 Å². The normalized spacial score (nSPS) is 10.1. The van der Waals surface area contributed by atoms with Gasteiger partial charge in [-0.2, -0.15) is 0 Å². The van der Waals surface area contributed by atoms with E-state index in [0.29, 0.717) is 23.4 Å². The van der Waals surface area contributed by atoms with Gasteiger partial charge in [-0.1, -0.05) is 0 Å². The van der Waals surface area contributed by atoms with Gasteiger partial charge in [-0.15, -0.1) is 11.8 Å². The Morgan fingerprint density at radius 2 is 2.15 bits per heavy atom. The van der Waals surface area contributed by atoms with Crippen molar-refractivity contribution in [3.05, 3.63) is 39.4 Å². The molecule has 0 saturated heterocycles. The molecule has 0 atom stereocenters. The lowest BCUT2D eigenvalue weighted by atomic mass is 10.1. The maximum absolute atomic E-state index is 11.8. The second-order valence-corrected chi connectivity index (χ2v) is 5.07. The standard InChI is InChI=1S/C12H14N2O5S/c1-8-6-9(2-3-10(8)14(18)19)12(17)13-4-5-20-7-11(15)16/h2-3,6H,4-5,7H2,1H3,(H,13,17)(H,15,16). The van der Waals surface area contributed by atoms with Crippen LogP contribution in [0.15, 0.2) is 18.2 Å². The second-order valence-electron chi connectivity index (χ2n) is 3.96. The number of rotatable bonds is 7. The molecule has 1 amide bonds. The molecular weight excluding hydrogens is 284 g/mol. The summed E-state index contributed by atoms with van der Waals surface area (Å²) in [6, 6.07) is 4.14. The summed E-state index contributed by atoms with van der Waals surface area (Å²) in [6.45, 7) is 1.91. The molecule has 2 N–H and O–H groups in total. The van der Waals surface area contributed by atoms with Gasteiger partial charge in [0.05, 0.1) is 10.7 Å². The van der Waals surface area contributed by atoms with E-state index in [1.54, 1.807) is 6.92 Å². The first-order valence-corrected chi connectivity index (χ1v) is 6.90. The molecule has 0 aliphatic rings. The zero-order valence-corrected chi connectivity index (χ0v) is 11.6. The van der Waals surface area contributed by atoms with E-state index in [4.69, 9.17) is 5.11 Å². The minimum Gasteiger partial charge on any atom is -0.481 e. The van der Waals surface area contributed by atoms with Gasteiger partial charge in [0, 0.05) is 29.5 Å². The van der Waals surface area contributed by atoms with Crippen LogP contribution < -0.4 is 5.32 Å². The van der Waals surface area contributed by atoms with Crippen molar-refractivity contribution in [1.29, 1.82) is 0 Å². The quantitative estimate of drug-likeness (QED) is 0.448. The van der Waals surface area contributed by atoms with Crippen LogP contribution in [-0.2, 0) is 4.79 Å². The molecule has 8 heteroatoms. The van der Waals surface area contributed by atoms with Crippen LogP contribution in [0, 0.1) is 17.0 Å². The topological polar surface area (TPSA) is 110 Å². The molecule has 0 fully saturated rings. The number of nitro benzene ring substituents is 1. The molecule has 0 aliphatic heterocycles. The van der Waals surface area contributed by atoms with E-state index in [2.05, 4.69) is 5.32 Å². The average molecular weight is 298 g/mol. The largest absolute Gasteiger partial charge is 0.481 e. The van der Waals surface area contributed by atoms with Crippen LogP contribution in [-0.4, -0.2) is 40.0 Å². The third-order valence-corrected chi connectivity index (χ3v) is 3.36. The van der Waals surface area contributed by atoms with Crippen molar-refractivity contribution in [2.24, 2.45) is 0 Å². The van der Waals surface area contributed by atoms with Gasteiger partial charge in [0.2, 0.25) is 0 Å². The molecule has 0 aliphatic carbocycles. The van der Waals surface area contributed by atoms with Crippen LogP contribution in [0.1, 0.15) is 15.9 Å². The zero-order valence-electron chi connectivity index (χ0n) is 10.8. The van der Waals surface area contributed by atoms with Crippen LogP contribution >= 0.6 is 11.8 Å². The average Bonchev–Trinajstić information content (AvgIpc) is 2.37. The summed E-state index contributed by atoms with van der Waals surface area (Å²) in [4.78, 5) is 32.2. The number of nitrogens with zero attached hydrogens (tertiary/aromatic N) is 1. The molecule has 0 radical (unpaired) electrons. The summed E-state index contributed by atoms with van der Waals surface area (Å²) in [5, 5.41) is 21.7. The molecule has 0 spiro atoms. The summed E-state index contributed by atoms with van der Waals surface area (Å²) in [5.41, 5.74) is 0.734. The summed E-state index contributed by atoms with van der Waals surface area (Å²) in [5.74, 6) is -0.748. The van der Waals surface area contributed by atoms with Crippen molar-refractivity contribution < 1.29 is 19.6 Å². The van der Waals surface area contributed by atoms with Crippen LogP contribution in [0.4, 0.5) is 5.69 Å². The van der Waals surface area contributed by atoms with E-state index < -0.39 is 10.9 Å². The van der Waals surface area contributed by atoms with Crippen molar-refractivity contribution in [2.75, 3.05) is 18.1 Å². The smallest absolute Gasteiger partial charge is 0.313 e. The van der Waals surface area contributed by atoms with E-state index in [1.165, 1.54) is 30.0 Å². The SMILES string of the molecule is Cc1cc(C(=O)NCCSCC(=O)O)ccc1[N+](=O)[O-]. The van der Waals surface area contributed by atoms with Gasteiger partial charge in [0.15, 0.2) is 0 Å². The van der Waals surface area contributed by atoms with Crippen molar-refractivity contribution in [2.45, 2.75) is 6.92 Å². The van der Waals surface area contributed by atoms with Gasteiger partial charge < -0.3 is 10.4 Å². The number of hydrogen-bond donors (Lipinski definition) is 2. The van der Waals surface area contributed by atoms with Crippen molar-refractivity contribution >= 4 is 29.3 Å². The lowest BCUT2D eigenvalue weighted by molar-refractivity contribution is -0.385. The molecule has 0 saturated carbocycles. The van der Waals surface area contributed by atoms with Crippen LogP contribution in [0.5, 0.6) is 0 Å². The molecule has 108 valence electrons. The van der Waals surface area contributed by atoms with Gasteiger partial charge >= 0.3 is 5.97 Å². The first-order valence-electron chi connectivity index (χ1n) is 5.74. The molecule has 0 bridgehead atoms.